The molecule has 0 saturated carbocycles. The minimum absolute atomic E-state index is 0.563. The lowest BCUT2D eigenvalue weighted by molar-refractivity contribution is -0.304. The SMILES string of the molecule is N[C@@H](CC(=O)O)C(=O)CC(=O)[O-]. The molecule has 0 aliphatic rings. The van der Waals surface area contributed by atoms with Crippen LogP contribution in [0.1, 0.15) is 12.8 Å². The third kappa shape index (κ3) is 4.40. The molecule has 6 nitrogen and oxygen atoms in total. The third-order valence-corrected chi connectivity index (χ3v) is 1.13. The zero-order valence-electron chi connectivity index (χ0n) is 6.15. The second-order valence-corrected chi connectivity index (χ2v) is 2.22. The maximum atomic E-state index is 10.7. The Morgan fingerprint density at radius 3 is 2.25 bits per heavy atom. The number of hydrogen-bond donors (Lipinski definition) is 2. The van der Waals surface area contributed by atoms with E-state index in [9.17, 15) is 19.5 Å². The number of aliphatic carboxylic acids is 2. The van der Waals surface area contributed by atoms with Crippen LogP contribution in [-0.4, -0.2) is 28.9 Å². The fourth-order valence-corrected chi connectivity index (χ4v) is 0.575. The van der Waals surface area contributed by atoms with Gasteiger partial charge < -0.3 is 20.7 Å². The number of hydrogen-bond acceptors (Lipinski definition) is 5. The average Bonchev–Trinajstić information content (AvgIpc) is 1.84. The molecule has 0 fully saturated rings. The summed E-state index contributed by atoms with van der Waals surface area (Å²) in [5.74, 6) is -3.63. The smallest absolute Gasteiger partial charge is 0.305 e. The van der Waals surface area contributed by atoms with Gasteiger partial charge in [-0.05, 0) is 0 Å². The molecule has 0 amide bonds. The van der Waals surface area contributed by atoms with Gasteiger partial charge in [-0.25, -0.2) is 0 Å². The van der Waals surface area contributed by atoms with E-state index in [1.165, 1.54) is 0 Å². The van der Waals surface area contributed by atoms with E-state index < -0.39 is 36.6 Å². The Kier molecular flexibility index (Phi) is 3.92. The van der Waals surface area contributed by atoms with Gasteiger partial charge in [-0.15, -0.1) is 0 Å². The summed E-state index contributed by atoms with van der Waals surface area (Å²) >= 11 is 0. The molecule has 0 rings (SSSR count). The first-order chi connectivity index (χ1) is 5.43. The molecule has 0 heterocycles. The number of carboxylic acids is 2. The first-order valence-electron chi connectivity index (χ1n) is 3.13. The van der Waals surface area contributed by atoms with E-state index in [1.54, 1.807) is 0 Å². The number of carbonyl (C=O) groups is 3. The Bertz CT molecular complexity index is 212. The Labute approximate surface area is 68.0 Å². The van der Waals surface area contributed by atoms with Crippen LogP contribution in [0.4, 0.5) is 0 Å². The van der Waals surface area contributed by atoms with Crippen molar-refractivity contribution >= 4 is 17.7 Å². The van der Waals surface area contributed by atoms with E-state index in [-0.39, 0.29) is 0 Å². The molecule has 6 heteroatoms. The monoisotopic (exact) mass is 174 g/mol. The highest BCUT2D eigenvalue weighted by Gasteiger charge is 2.16. The van der Waals surface area contributed by atoms with Crippen LogP contribution in [-0.2, 0) is 14.4 Å². The Morgan fingerprint density at radius 1 is 1.42 bits per heavy atom. The number of Topliss-reactive ketones (excluding diaryl/α,β-unsaturated/α-hetero) is 1. The van der Waals surface area contributed by atoms with Crippen LogP contribution in [0, 0.1) is 0 Å². The summed E-state index contributed by atoms with van der Waals surface area (Å²) in [5, 5.41) is 18.0. The van der Waals surface area contributed by atoms with Crippen LogP contribution in [0.5, 0.6) is 0 Å². The van der Waals surface area contributed by atoms with Crippen molar-refractivity contribution in [2.24, 2.45) is 5.73 Å². The molecule has 0 radical (unpaired) electrons. The molecule has 3 N–H and O–H groups in total. The molecule has 12 heavy (non-hydrogen) atoms. The van der Waals surface area contributed by atoms with Gasteiger partial charge in [-0.1, -0.05) is 0 Å². The van der Waals surface area contributed by atoms with E-state index >= 15 is 0 Å². The average molecular weight is 174 g/mol. The highest BCUT2D eigenvalue weighted by atomic mass is 16.4. The summed E-state index contributed by atoms with van der Waals surface area (Å²) in [6, 6.07) is -1.26. The summed E-state index contributed by atoms with van der Waals surface area (Å²) in [7, 11) is 0. The zero-order valence-corrected chi connectivity index (χ0v) is 6.15. The van der Waals surface area contributed by atoms with Crippen molar-refractivity contribution in [2.45, 2.75) is 18.9 Å². The van der Waals surface area contributed by atoms with Gasteiger partial charge >= 0.3 is 5.97 Å². The maximum absolute atomic E-state index is 10.7. The number of ketones is 1. The molecule has 0 saturated heterocycles. The highest BCUT2D eigenvalue weighted by molar-refractivity contribution is 5.98. The van der Waals surface area contributed by atoms with Crippen molar-refractivity contribution in [3.8, 4) is 0 Å². The van der Waals surface area contributed by atoms with Gasteiger partial charge in [-0.2, -0.15) is 0 Å². The lowest BCUT2D eigenvalue weighted by Gasteiger charge is -2.07. The van der Waals surface area contributed by atoms with Gasteiger partial charge in [0, 0.05) is 12.4 Å². The number of rotatable bonds is 5. The fraction of sp³-hybridized carbons (Fsp3) is 0.500. The van der Waals surface area contributed by atoms with Crippen molar-refractivity contribution < 1.29 is 24.6 Å². The van der Waals surface area contributed by atoms with E-state index in [4.69, 9.17) is 10.8 Å². The lowest BCUT2D eigenvalue weighted by atomic mass is 10.1. The minimum Gasteiger partial charge on any atom is -0.550 e. The van der Waals surface area contributed by atoms with Crippen LogP contribution in [0.25, 0.3) is 0 Å². The fourth-order valence-electron chi connectivity index (χ4n) is 0.575. The van der Waals surface area contributed by atoms with Crippen molar-refractivity contribution in [3.05, 3.63) is 0 Å². The molecule has 0 aliphatic carbocycles. The number of carbonyl (C=O) groups excluding carboxylic acids is 2. The zero-order chi connectivity index (χ0) is 9.72. The van der Waals surface area contributed by atoms with Crippen molar-refractivity contribution in [2.75, 3.05) is 0 Å². The lowest BCUT2D eigenvalue weighted by Crippen LogP contribution is -2.37. The topological polar surface area (TPSA) is 121 Å². The quantitative estimate of drug-likeness (QED) is 0.444. The first-order valence-corrected chi connectivity index (χ1v) is 3.13. The van der Waals surface area contributed by atoms with Gasteiger partial charge in [0.1, 0.15) is 0 Å². The van der Waals surface area contributed by atoms with Gasteiger partial charge in [0.25, 0.3) is 0 Å². The number of nitrogens with two attached hydrogens (primary N) is 1. The maximum Gasteiger partial charge on any atom is 0.305 e. The molecule has 0 aromatic carbocycles. The standard InChI is InChI=1S/C6H9NO5/c7-3(1-5(9)10)4(8)2-6(11)12/h3H,1-2,7H2,(H,9,10)(H,11,12)/p-1/t3-/m0/s1. The van der Waals surface area contributed by atoms with Crippen LogP contribution in [0.15, 0.2) is 0 Å². The molecule has 0 aliphatic heterocycles. The second kappa shape index (κ2) is 4.45. The molecule has 0 aromatic rings. The van der Waals surface area contributed by atoms with Crippen LogP contribution < -0.4 is 10.8 Å². The summed E-state index contributed by atoms with van der Waals surface area (Å²) in [5.41, 5.74) is 5.04. The van der Waals surface area contributed by atoms with Gasteiger partial charge in [-0.3, -0.25) is 9.59 Å². The van der Waals surface area contributed by atoms with Crippen molar-refractivity contribution in [1.82, 2.24) is 0 Å². The molecule has 0 unspecified atom stereocenters. The molecule has 68 valence electrons. The molecule has 0 spiro atoms. The molecule has 0 aromatic heterocycles. The summed E-state index contributed by atoms with van der Waals surface area (Å²) in [6.45, 7) is 0. The second-order valence-electron chi connectivity index (χ2n) is 2.22. The summed E-state index contributed by atoms with van der Waals surface area (Å²) in [4.78, 5) is 30.5. The van der Waals surface area contributed by atoms with E-state index in [0.717, 1.165) is 0 Å². The minimum atomic E-state index is -1.55. The summed E-state index contributed by atoms with van der Waals surface area (Å²) < 4.78 is 0. The van der Waals surface area contributed by atoms with E-state index in [2.05, 4.69) is 0 Å². The summed E-state index contributed by atoms with van der Waals surface area (Å²) in [6.07, 6.45) is -1.40. The molecule has 1 atom stereocenters. The highest BCUT2D eigenvalue weighted by Crippen LogP contribution is 1.93. The van der Waals surface area contributed by atoms with Crippen LogP contribution >= 0.6 is 0 Å². The Morgan fingerprint density at radius 2 is 1.92 bits per heavy atom. The number of carboxylic acid groups (broad SMARTS) is 2. The predicted octanol–water partition coefficient (Wildman–Crippen LogP) is -2.50. The van der Waals surface area contributed by atoms with E-state index in [1.807, 2.05) is 0 Å². The largest absolute Gasteiger partial charge is 0.550 e. The Hall–Kier alpha value is -1.43. The van der Waals surface area contributed by atoms with Crippen LogP contribution in [0.2, 0.25) is 0 Å². The normalized spacial score (nSPS) is 12.1. The van der Waals surface area contributed by atoms with E-state index in [0.29, 0.717) is 0 Å². The Balaban J connectivity index is 3.93. The van der Waals surface area contributed by atoms with Gasteiger partial charge in [0.2, 0.25) is 0 Å². The van der Waals surface area contributed by atoms with Crippen molar-refractivity contribution in [3.63, 3.8) is 0 Å². The van der Waals surface area contributed by atoms with Gasteiger partial charge in [0.15, 0.2) is 5.78 Å². The molecular formula is C6H8NO5-. The third-order valence-electron chi connectivity index (χ3n) is 1.13. The van der Waals surface area contributed by atoms with Crippen LogP contribution in [0.3, 0.4) is 0 Å². The molecule has 0 bridgehead atoms. The predicted molar refractivity (Wildman–Crippen MR) is 34.9 cm³/mol. The molecular weight excluding hydrogens is 166 g/mol. The van der Waals surface area contributed by atoms with Gasteiger partial charge in [0.05, 0.1) is 12.5 Å². The first kappa shape index (κ1) is 10.6. The van der Waals surface area contributed by atoms with Crippen molar-refractivity contribution in [1.29, 1.82) is 0 Å².